The number of methoxy groups -OCH3 is 3. The van der Waals surface area contributed by atoms with Crippen LogP contribution in [0, 0.1) is 0 Å². The smallest absolute Gasteiger partial charge is 0.253 e. The van der Waals surface area contributed by atoms with Gasteiger partial charge in [0.1, 0.15) is 0 Å². The molecule has 0 heterocycles. The van der Waals surface area contributed by atoms with E-state index in [-0.39, 0.29) is 18.2 Å². The van der Waals surface area contributed by atoms with E-state index in [0.29, 0.717) is 40.6 Å². The van der Waals surface area contributed by atoms with Crippen LogP contribution in [0.15, 0.2) is 49.1 Å². The predicted octanol–water partition coefficient (Wildman–Crippen LogP) is 2.81. The molecule has 28 heavy (non-hydrogen) atoms. The first kappa shape index (κ1) is 20.8. The first-order chi connectivity index (χ1) is 13.5. The summed E-state index contributed by atoms with van der Waals surface area (Å²) in [5.74, 6) is 0.759. The predicted molar refractivity (Wildman–Crippen MR) is 107 cm³/mol. The van der Waals surface area contributed by atoms with Crippen LogP contribution in [0.1, 0.15) is 15.9 Å². The van der Waals surface area contributed by atoms with Gasteiger partial charge < -0.3 is 24.8 Å². The number of rotatable bonds is 9. The molecule has 2 amide bonds. The van der Waals surface area contributed by atoms with Crippen LogP contribution in [0.5, 0.6) is 17.2 Å². The first-order valence-electron chi connectivity index (χ1n) is 8.61. The van der Waals surface area contributed by atoms with Crippen molar-refractivity contribution < 1.29 is 23.8 Å². The van der Waals surface area contributed by atoms with Gasteiger partial charge in [-0.3, -0.25) is 9.59 Å². The third-order valence-corrected chi connectivity index (χ3v) is 3.99. The zero-order chi connectivity index (χ0) is 20.5. The minimum absolute atomic E-state index is 0.0339. The molecule has 0 fully saturated rings. The summed E-state index contributed by atoms with van der Waals surface area (Å²) >= 11 is 0. The SMILES string of the molecule is C=CCNC(=O)c1ccccc1NC(=O)Cc1ccc(OC)c(OC)c1OC. The molecule has 0 saturated carbocycles. The van der Waals surface area contributed by atoms with E-state index in [0.717, 1.165) is 0 Å². The number of hydrogen-bond donors (Lipinski definition) is 2. The third kappa shape index (κ3) is 4.82. The average molecular weight is 384 g/mol. The molecule has 0 bridgehead atoms. The minimum Gasteiger partial charge on any atom is -0.493 e. The zero-order valence-corrected chi connectivity index (χ0v) is 16.2. The van der Waals surface area contributed by atoms with E-state index in [1.54, 1.807) is 42.5 Å². The molecular formula is C21H24N2O5. The second-order valence-electron chi connectivity index (χ2n) is 5.76. The van der Waals surface area contributed by atoms with E-state index in [1.165, 1.54) is 21.3 Å². The Morgan fingerprint density at radius 2 is 1.71 bits per heavy atom. The summed E-state index contributed by atoms with van der Waals surface area (Å²) in [6.45, 7) is 3.91. The molecular weight excluding hydrogens is 360 g/mol. The van der Waals surface area contributed by atoms with Crippen molar-refractivity contribution in [3.05, 3.63) is 60.2 Å². The van der Waals surface area contributed by atoms with Crippen LogP contribution in [-0.2, 0) is 11.2 Å². The van der Waals surface area contributed by atoms with Gasteiger partial charge in [-0.05, 0) is 18.2 Å². The van der Waals surface area contributed by atoms with E-state index in [1.807, 2.05) is 0 Å². The number of carbonyl (C=O) groups excluding carboxylic acids is 2. The van der Waals surface area contributed by atoms with E-state index in [2.05, 4.69) is 17.2 Å². The van der Waals surface area contributed by atoms with Gasteiger partial charge in [0.15, 0.2) is 11.5 Å². The molecule has 0 spiro atoms. The Labute approximate surface area is 164 Å². The van der Waals surface area contributed by atoms with Crippen molar-refractivity contribution in [1.82, 2.24) is 5.32 Å². The zero-order valence-electron chi connectivity index (χ0n) is 16.2. The Morgan fingerprint density at radius 3 is 2.36 bits per heavy atom. The molecule has 0 radical (unpaired) electrons. The third-order valence-electron chi connectivity index (χ3n) is 3.99. The molecule has 0 aliphatic heterocycles. The van der Waals surface area contributed by atoms with Crippen LogP contribution in [-0.4, -0.2) is 39.7 Å². The summed E-state index contributed by atoms with van der Waals surface area (Å²) in [7, 11) is 4.53. The number of para-hydroxylation sites is 1. The minimum atomic E-state index is -0.297. The lowest BCUT2D eigenvalue weighted by atomic mass is 10.1. The maximum absolute atomic E-state index is 12.6. The second-order valence-corrected chi connectivity index (χ2v) is 5.76. The molecule has 7 nitrogen and oxygen atoms in total. The van der Waals surface area contributed by atoms with Crippen molar-refractivity contribution in [3.8, 4) is 17.2 Å². The highest BCUT2D eigenvalue weighted by atomic mass is 16.5. The van der Waals surface area contributed by atoms with Gasteiger partial charge in [0.05, 0.1) is 39.0 Å². The standard InChI is InChI=1S/C21H24N2O5/c1-5-12-22-21(25)15-8-6-7-9-16(15)23-18(24)13-14-10-11-17(26-2)20(28-4)19(14)27-3/h5-11H,1,12-13H2,2-4H3,(H,22,25)(H,23,24). The molecule has 0 aliphatic rings. The van der Waals surface area contributed by atoms with Crippen LogP contribution < -0.4 is 24.8 Å². The van der Waals surface area contributed by atoms with Gasteiger partial charge in [0.25, 0.3) is 5.91 Å². The Kier molecular flexibility index (Phi) is 7.45. The van der Waals surface area contributed by atoms with Gasteiger partial charge in [-0.15, -0.1) is 6.58 Å². The summed E-state index contributed by atoms with van der Waals surface area (Å²) in [6.07, 6.45) is 1.62. The summed E-state index contributed by atoms with van der Waals surface area (Å²) in [5.41, 5.74) is 1.43. The molecule has 0 saturated heterocycles. The summed E-state index contributed by atoms with van der Waals surface area (Å²) < 4.78 is 16.0. The molecule has 0 unspecified atom stereocenters. The monoisotopic (exact) mass is 384 g/mol. The Hall–Kier alpha value is -3.48. The Balaban J connectivity index is 2.22. The largest absolute Gasteiger partial charge is 0.493 e. The maximum Gasteiger partial charge on any atom is 0.253 e. The molecule has 2 rings (SSSR count). The number of benzene rings is 2. The molecule has 148 valence electrons. The van der Waals surface area contributed by atoms with Crippen molar-refractivity contribution in [1.29, 1.82) is 0 Å². The number of nitrogens with one attached hydrogen (secondary N) is 2. The fraction of sp³-hybridized carbons (Fsp3) is 0.238. The van der Waals surface area contributed by atoms with Gasteiger partial charge in [0, 0.05) is 12.1 Å². The van der Waals surface area contributed by atoms with E-state index >= 15 is 0 Å². The molecule has 2 aromatic rings. The number of anilines is 1. The van der Waals surface area contributed by atoms with Gasteiger partial charge in [-0.1, -0.05) is 24.3 Å². The normalized spacial score (nSPS) is 9.96. The summed E-state index contributed by atoms with van der Waals surface area (Å²) in [6, 6.07) is 10.2. The molecule has 7 heteroatoms. The maximum atomic E-state index is 12.6. The summed E-state index contributed by atoms with van der Waals surface area (Å²) in [4.78, 5) is 24.9. The van der Waals surface area contributed by atoms with Crippen LogP contribution in [0.25, 0.3) is 0 Å². The van der Waals surface area contributed by atoms with E-state index in [4.69, 9.17) is 14.2 Å². The number of hydrogen-bond acceptors (Lipinski definition) is 5. The molecule has 2 N–H and O–H groups in total. The highest BCUT2D eigenvalue weighted by Crippen LogP contribution is 2.39. The first-order valence-corrected chi connectivity index (χ1v) is 8.61. The van der Waals surface area contributed by atoms with Crippen molar-refractivity contribution in [2.75, 3.05) is 33.2 Å². The topological polar surface area (TPSA) is 85.9 Å². The number of amides is 2. The lowest BCUT2D eigenvalue weighted by Gasteiger charge is -2.16. The van der Waals surface area contributed by atoms with Gasteiger partial charge in [0.2, 0.25) is 11.7 Å². The average Bonchev–Trinajstić information content (AvgIpc) is 2.71. The quantitative estimate of drug-likeness (QED) is 0.650. The van der Waals surface area contributed by atoms with Gasteiger partial charge in [-0.25, -0.2) is 0 Å². The Morgan fingerprint density at radius 1 is 1.00 bits per heavy atom. The van der Waals surface area contributed by atoms with Crippen LogP contribution in [0.4, 0.5) is 5.69 Å². The van der Waals surface area contributed by atoms with E-state index in [9.17, 15) is 9.59 Å². The highest BCUT2D eigenvalue weighted by Gasteiger charge is 2.19. The van der Waals surface area contributed by atoms with E-state index < -0.39 is 0 Å². The van der Waals surface area contributed by atoms with Crippen molar-refractivity contribution in [2.24, 2.45) is 0 Å². The van der Waals surface area contributed by atoms with Gasteiger partial charge >= 0.3 is 0 Å². The van der Waals surface area contributed by atoms with Gasteiger partial charge in [-0.2, -0.15) is 0 Å². The highest BCUT2D eigenvalue weighted by molar-refractivity contribution is 6.04. The fourth-order valence-electron chi connectivity index (χ4n) is 2.72. The van der Waals surface area contributed by atoms with Crippen molar-refractivity contribution >= 4 is 17.5 Å². The fourth-order valence-corrected chi connectivity index (χ4v) is 2.72. The lowest BCUT2D eigenvalue weighted by molar-refractivity contribution is -0.115. The number of carbonyl (C=O) groups is 2. The van der Waals surface area contributed by atoms with Crippen LogP contribution >= 0.6 is 0 Å². The Bertz CT molecular complexity index is 864. The summed E-state index contributed by atoms with van der Waals surface area (Å²) in [5, 5.41) is 5.48. The molecule has 0 aromatic heterocycles. The van der Waals surface area contributed by atoms with Crippen molar-refractivity contribution in [3.63, 3.8) is 0 Å². The second kappa shape index (κ2) is 10.0. The molecule has 0 atom stereocenters. The molecule has 0 aliphatic carbocycles. The lowest BCUT2D eigenvalue weighted by Crippen LogP contribution is -2.25. The van der Waals surface area contributed by atoms with Crippen molar-refractivity contribution in [2.45, 2.75) is 6.42 Å². The molecule has 2 aromatic carbocycles. The van der Waals surface area contributed by atoms with Crippen LogP contribution in [0.2, 0.25) is 0 Å². The van der Waals surface area contributed by atoms with Crippen LogP contribution in [0.3, 0.4) is 0 Å². The number of ether oxygens (including phenoxy) is 3.